The molecule has 0 saturated heterocycles. The zero-order chi connectivity index (χ0) is 13.5. The fourth-order valence-corrected chi connectivity index (χ4v) is 2.73. The summed E-state index contributed by atoms with van der Waals surface area (Å²) in [4.78, 5) is 13.3. The second kappa shape index (κ2) is 7.54. The minimum absolute atomic E-state index is 0.00571. The van der Waals surface area contributed by atoms with Gasteiger partial charge in [-0.15, -0.1) is 11.3 Å². The van der Waals surface area contributed by atoms with Crippen LogP contribution >= 0.6 is 11.3 Å². The molecule has 2 atom stereocenters. The highest BCUT2D eigenvalue weighted by molar-refractivity contribution is 7.10. The summed E-state index contributed by atoms with van der Waals surface area (Å²) in [5.74, 6) is 0.535. The maximum atomic E-state index is 12.1. The molecule has 1 heterocycles. The Morgan fingerprint density at radius 1 is 1.39 bits per heavy atom. The number of carbonyl (C=O) groups is 1. The molecule has 2 N–H and O–H groups in total. The molecular weight excluding hydrogens is 244 g/mol. The van der Waals surface area contributed by atoms with Gasteiger partial charge in [0, 0.05) is 17.3 Å². The lowest BCUT2D eigenvalue weighted by molar-refractivity contribution is -0.125. The molecular formula is C14H24N2OS. The largest absolute Gasteiger partial charge is 0.348 e. The molecule has 0 bridgehead atoms. The van der Waals surface area contributed by atoms with E-state index in [4.69, 9.17) is 0 Å². The normalized spacial score (nSPS) is 14.5. The van der Waals surface area contributed by atoms with E-state index < -0.39 is 0 Å². The number of amides is 1. The van der Waals surface area contributed by atoms with E-state index >= 15 is 0 Å². The van der Waals surface area contributed by atoms with Crippen molar-refractivity contribution in [3.05, 3.63) is 22.4 Å². The Morgan fingerprint density at radius 2 is 2.11 bits per heavy atom. The van der Waals surface area contributed by atoms with E-state index in [0.29, 0.717) is 5.92 Å². The second-order valence-electron chi connectivity index (χ2n) is 4.95. The van der Waals surface area contributed by atoms with Crippen LogP contribution in [-0.2, 0) is 4.79 Å². The van der Waals surface area contributed by atoms with Crippen molar-refractivity contribution in [1.29, 1.82) is 0 Å². The maximum absolute atomic E-state index is 12.1. The van der Waals surface area contributed by atoms with Crippen molar-refractivity contribution in [3.8, 4) is 0 Å². The van der Waals surface area contributed by atoms with Crippen molar-refractivity contribution in [3.63, 3.8) is 0 Å². The minimum Gasteiger partial charge on any atom is -0.348 e. The van der Waals surface area contributed by atoms with Gasteiger partial charge in [-0.2, -0.15) is 0 Å². The van der Waals surface area contributed by atoms with Crippen LogP contribution in [0.3, 0.4) is 0 Å². The average Bonchev–Trinajstić information content (AvgIpc) is 2.85. The highest BCUT2D eigenvalue weighted by Crippen LogP contribution is 2.25. The Kier molecular flexibility index (Phi) is 6.36. The van der Waals surface area contributed by atoms with E-state index in [0.717, 1.165) is 13.1 Å². The van der Waals surface area contributed by atoms with Crippen molar-refractivity contribution in [1.82, 2.24) is 10.6 Å². The molecule has 0 aliphatic heterocycles. The van der Waals surface area contributed by atoms with Gasteiger partial charge < -0.3 is 10.6 Å². The molecule has 0 saturated carbocycles. The van der Waals surface area contributed by atoms with Gasteiger partial charge in [0.05, 0.1) is 6.04 Å². The van der Waals surface area contributed by atoms with Crippen molar-refractivity contribution in [2.45, 2.75) is 33.7 Å². The topological polar surface area (TPSA) is 41.1 Å². The van der Waals surface area contributed by atoms with Crippen LogP contribution in [0.2, 0.25) is 0 Å². The zero-order valence-corrected chi connectivity index (χ0v) is 12.5. The molecule has 0 spiro atoms. The monoisotopic (exact) mass is 268 g/mol. The third-order valence-corrected chi connectivity index (χ3v) is 3.92. The number of carbonyl (C=O) groups excluding carboxylic acids is 1. The van der Waals surface area contributed by atoms with Gasteiger partial charge in [-0.1, -0.05) is 33.8 Å². The summed E-state index contributed by atoms with van der Waals surface area (Å²) in [6.45, 7) is 9.92. The van der Waals surface area contributed by atoms with Crippen LogP contribution in [0.5, 0.6) is 0 Å². The molecule has 1 aromatic rings. The molecule has 0 aliphatic rings. The van der Waals surface area contributed by atoms with E-state index in [9.17, 15) is 4.79 Å². The first-order valence-electron chi connectivity index (χ1n) is 6.60. The fourth-order valence-electron chi connectivity index (χ4n) is 1.78. The molecule has 1 rings (SSSR count). The molecule has 0 aliphatic carbocycles. The smallest absolute Gasteiger partial charge is 0.224 e. The summed E-state index contributed by atoms with van der Waals surface area (Å²) in [6, 6.07) is 4.25. The standard InChI is InChI=1S/C14H24N2OS/c1-5-15-9-11(4)14(17)16-13(10(2)3)12-7-6-8-18-12/h6-8,10-11,13,15H,5,9H2,1-4H3,(H,16,17). The Hall–Kier alpha value is -0.870. The van der Waals surface area contributed by atoms with Gasteiger partial charge in [0.15, 0.2) is 0 Å². The fraction of sp³-hybridized carbons (Fsp3) is 0.643. The van der Waals surface area contributed by atoms with Crippen molar-refractivity contribution >= 4 is 17.2 Å². The molecule has 2 unspecified atom stereocenters. The van der Waals surface area contributed by atoms with Crippen molar-refractivity contribution in [2.24, 2.45) is 11.8 Å². The van der Waals surface area contributed by atoms with E-state index in [-0.39, 0.29) is 17.9 Å². The van der Waals surface area contributed by atoms with E-state index in [2.05, 4.69) is 35.9 Å². The summed E-state index contributed by atoms with van der Waals surface area (Å²) >= 11 is 1.70. The van der Waals surface area contributed by atoms with Crippen LogP contribution in [0.15, 0.2) is 17.5 Å². The molecule has 0 radical (unpaired) electrons. The Bertz CT molecular complexity index is 349. The molecule has 0 fully saturated rings. The van der Waals surface area contributed by atoms with Crippen LogP contribution in [0.1, 0.15) is 38.6 Å². The highest BCUT2D eigenvalue weighted by Gasteiger charge is 2.21. The minimum atomic E-state index is 0.00571. The number of hydrogen-bond acceptors (Lipinski definition) is 3. The van der Waals surface area contributed by atoms with E-state index in [1.165, 1.54) is 4.88 Å². The molecule has 0 aromatic carbocycles. The van der Waals surface area contributed by atoms with Crippen LogP contribution in [0.4, 0.5) is 0 Å². The lowest BCUT2D eigenvalue weighted by atomic mass is 10.0. The summed E-state index contributed by atoms with van der Waals surface area (Å²) < 4.78 is 0. The molecule has 18 heavy (non-hydrogen) atoms. The summed E-state index contributed by atoms with van der Waals surface area (Å²) in [7, 11) is 0. The van der Waals surface area contributed by atoms with E-state index in [1.54, 1.807) is 11.3 Å². The van der Waals surface area contributed by atoms with Gasteiger partial charge in [-0.3, -0.25) is 4.79 Å². The molecule has 102 valence electrons. The third kappa shape index (κ3) is 4.42. The van der Waals surface area contributed by atoms with Crippen molar-refractivity contribution in [2.75, 3.05) is 13.1 Å². The number of nitrogens with one attached hydrogen (secondary N) is 2. The van der Waals surface area contributed by atoms with Gasteiger partial charge in [0.2, 0.25) is 5.91 Å². The van der Waals surface area contributed by atoms with Gasteiger partial charge in [0.25, 0.3) is 0 Å². The third-order valence-electron chi connectivity index (χ3n) is 2.96. The van der Waals surface area contributed by atoms with Crippen LogP contribution in [0.25, 0.3) is 0 Å². The summed E-state index contributed by atoms with van der Waals surface area (Å²) in [5, 5.41) is 8.42. The zero-order valence-electron chi connectivity index (χ0n) is 11.7. The first-order chi connectivity index (χ1) is 8.56. The number of rotatable bonds is 7. The quantitative estimate of drug-likeness (QED) is 0.798. The van der Waals surface area contributed by atoms with Crippen molar-refractivity contribution < 1.29 is 4.79 Å². The lowest BCUT2D eigenvalue weighted by Gasteiger charge is -2.23. The maximum Gasteiger partial charge on any atom is 0.224 e. The molecule has 3 nitrogen and oxygen atoms in total. The van der Waals surface area contributed by atoms with Crippen LogP contribution in [-0.4, -0.2) is 19.0 Å². The Labute approximate surface area is 114 Å². The second-order valence-corrected chi connectivity index (χ2v) is 5.93. The Balaban J connectivity index is 2.59. The average molecular weight is 268 g/mol. The van der Waals surface area contributed by atoms with Gasteiger partial charge in [0.1, 0.15) is 0 Å². The van der Waals surface area contributed by atoms with Crippen LogP contribution < -0.4 is 10.6 Å². The van der Waals surface area contributed by atoms with E-state index in [1.807, 2.05) is 19.9 Å². The first-order valence-corrected chi connectivity index (χ1v) is 7.48. The van der Waals surface area contributed by atoms with Gasteiger partial charge in [-0.25, -0.2) is 0 Å². The van der Waals surface area contributed by atoms with Crippen LogP contribution in [0, 0.1) is 11.8 Å². The van der Waals surface area contributed by atoms with Gasteiger partial charge in [-0.05, 0) is 23.9 Å². The predicted molar refractivity (Wildman–Crippen MR) is 77.7 cm³/mol. The number of thiophene rings is 1. The predicted octanol–water partition coefficient (Wildman–Crippen LogP) is 2.81. The summed E-state index contributed by atoms with van der Waals surface area (Å²) in [6.07, 6.45) is 0. The first kappa shape index (κ1) is 15.2. The van der Waals surface area contributed by atoms with Gasteiger partial charge >= 0.3 is 0 Å². The lowest BCUT2D eigenvalue weighted by Crippen LogP contribution is -2.38. The Morgan fingerprint density at radius 3 is 2.61 bits per heavy atom. The molecule has 4 heteroatoms. The SMILES string of the molecule is CCNCC(C)C(=O)NC(c1cccs1)C(C)C. The summed E-state index contributed by atoms with van der Waals surface area (Å²) in [5.41, 5.74) is 0. The molecule has 1 aromatic heterocycles. The highest BCUT2D eigenvalue weighted by atomic mass is 32.1. The number of hydrogen-bond donors (Lipinski definition) is 2. The molecule has 1 amide bonds.